The molecule has 0 spiro atoms. The molecule has 2 heterocycles. The van der Waals surface area contributed by atoms with E-state index in [9.17, 15) is 20.4 Å². The van der Waals surface area contributed by atoms with Gasteiger partial charge in [-0.1, -0.05) is 13.8 Å². The quantitative estimate of drug-likeness (QED) is 0.345. The SMILES string of the molecule is CO[C@@H]1OC(CO)[C@@H](O[C@@H]2OC(CO)[C@@H](C)[C@H](O)C2C)[C@H](O)C1CCCN(C(C)C)C(C)C. The second kappa shape index (κ2) is 13.1. The van der Waals surface area contributed by atoms with Crippen LogP contribution in [0.2, 0.25) is 0 Å². The topological polar surface area (TPSA) is 121 Å². The first-order chi connectivity index (χ1) is 15.6. The third-order valence-corrected chi connectivity index (χ3v) is 7.37. The molecule has 33 heavy (non-hydrogen) atoms. The fourth-order valence-corrected chi connectivity index (χ4v) is 5.25. The number of ether oxygens (including phenoxy) is 4. The van der Waals surface area contributed by atoms with Gasteiger partial charge in [0.1, 0.15) is 12.2 Å². The Morgan fingerprint density at radius 3 is 1.94 bits per heavy atom. The van der Waals surface area contributed by atoms with Crippen molar-refractivity contribution in [3.05, 3.63) is 0 Å². The number of hydrogen-bond donors (Lipinski definition) is 4. The Labute approximate surface area is 199 Å². The van der Waals surface area contributed by atoms with Gasteiger partial charge < -0.3 is 39.4 Å². The molecule has 0 bridgehead atoms. The molecule has 196 valence electrons. The number of hydrogen-bond acceptors (Lipinski definition) is 9. The Kier molecular flexibility index (Phi) is 11.5. The van der Waals surface area contributed by atoms with Crippen LogP contribution in [-0.2, 0) is 18.9 Å². The predicted molar refractivity (Wildman–Crippen MR) is 123 cm³/mol. The van der Waals surface area contributed by atoms with Gasteiger partial charge in [-0.2, -0.15) is 0 Å². The highest BCUT2D eigenvalue weighted by molar-refractivity contribution is 4.92. The van der Waals surface area contributed by atoms with Crippen LogP contribution in [0.4, 0.5) is 0 Å². The fraction of sp³-hybridized carbons (Fsp3) is 1.00. The average Bonchev–Trinajstić information content (AvgIpc) is 2.78. The van der Waals surface area contributed by atoms with E-state index in [1.807, 2.05) is 13.8 Å². The van der Waals surface area contributed by atoms with E-state index in [2.05, 4.69) is 32.6 Å². The van der Waals surface area contributed by atoms with Crippen LogP contribution >= 0.6 is 0 Å². The lowest BCUT2D eigenvalue weighted by Crippen LogP contribution is -2.60. The van der Waals surface area contributed by atoms with Gasteiger partial charge in [0, 0.05) is 36.9 Å². The molecule has 2 saturated heterocycles. The van der Waals surface area contributed by atoms with E-state index >= 15 is 0 Å². The van der Waals surface area contributed by atoms with Gasteiger partial charge in [0.05, 0.1) is 31.5 Å². The summed E-state index contributed by atoms with van der Waals surface area (Å²) in [6.45, 7) is 12.6. The molecule has 4 N–H and O–H groups in total. The normalized spacial score (nSPS) is 40.2. The Bertz CT molecular complexity index is 555. The van der Waals surface area contributed by atoms with Crippen molar-refractivity contribution in [2.75, 3.05) is 26.9 Å². The smallest absolute Gasteiger partial charge is 0.163 e. The van der Waals surface area contributed by atoms with Gasteiger partial charge in [-0.15, -0.1) is 0 Å². The lowest BCUT2D eigenvalue weighted by Gasteiger charge is -2.48. The minimum absolute atomic E-state index is 0.242. The summed E-state index contributed by atoms with van der Waals surface area (Å²) in [5, 5.41) is 41.5. The molecule has 9 heteroatoms. The van der Waals surface area contributed by atoms with Gasteiger partial charge in [0.2, 0.25) is 0 Å². The molecule has 0 aromatic carbocycles. The first-order valence-corrected chi connectivity index (χ1v) is 12.4. The summed E-state index contributed by atoms with van der Waals surface area (Å²) in [4.78, 5) is 2.40. The summed E-state index contributed by atoms with van der Waals surface area (Å²) in [7, 11) is 1.53. The summed E-state index contributed by atoms with van der Waals surface area (Å²) in [6, 6.07) is 0.840. The number of methoxy groups -OCH3 is 1. The predicted octanol–water partition coefficient (Wildman–Crippen LogP) is 0.962. The van der Waals surface area contributed by atoms with Gasteiger partial charge in [0.25, 0.3) is 0 Å². The minimum atomic E-state index is -0.952. The van der Waals surface area contributed by atoms with Crippen LogP contribution in [0.25, 0.3) is 0 Å². The van der Waals surface area contributed by atoms with Crippen molar-refractivity contribution >= 4 is 0 Å². The van der Waals surface area contributed by atoms with Crippen molar-refractivity contribution in [2.24, 2.45) is 17.8 Å². The van der Waals surface area contributed by atoms with Crippen molar-refractivity contribution in [3.8, 4) is 0 Å². The monoisotopic (exact) mass is 477 g/mol. The summed E-state index contributed by atoms with van der Waals surface area (Å²) in [5.41, 5.74) is 0. The Morgan fingerprint density at radius 1 is 0.848 bits per heavy atom. The van der Waals surface area contributed by atoms with E-state index in [1.165, 1.54) is 7.11 Å². The highest BCUT2D eigenvalue weighted by Gasteiger charge is 2.49. The summed E-state index contributed by atoms with van der Waals surface area (Å²) in [6.07, 6.45) is -3.91. The van der Waals surface area contributed by atoms with Crippen LogP contribution in [0.1, 0.15) is 54.4 Å². The zero-order valence-corrected chi connectivity index (χ0v) is 21.3. The Balaban J connectivity index is 2.12. The molecule has 2 fully saturated rings. The first-order valence-electron chi connectivity index (χ1n) is 12.4. The molecule has 0 aromatic heterocycles. The van der Waals surface area contributed by atoms with Crippen molar-refractivity contribution in [1.82, 2.24) is 4.90 Å². The van der Waals surface area contributed by atoms with Crippen molar-refractivity contribution in [1.29, 1.82) is 0 Å². The van der Waals surface area contributed by atoms with Crippen molar-refractivity contribution < 1.29 is 39.4 Å². The molecular formula is C24H47NO8. The van der Waals surface area contributed by atoms with E-state index in [4.69, 9.17) is 18.9 Å². The second-order valence-electron chi connectivity index (χ2n) is 10.2. The van der Waals surface area contributed by atoms with Gasteiger partial charge in [-0.3, -0.25) is 4.90 Å². The summed E-state index contributed by atoms with van der Waals surface area (Å²) < 4.78 is 23.5. The molecule has 4 unspecified atom stereocenters. The average molecular weight is 478 g/mol. The van der Waals surface area contributed by atoms with Gasteiger partial charge in [-0.05, 0) is 47.1 Å². The minimum Gasteiger partial charge on any atom is -0.394 e. The molecular weight excluding hydrogens is 430 g/mol. The summed E-state index contributed by atoms with van der Waals surface area (Å²) in [5.74, 6) is -0.972. The van der Waals surface area contributed by atoms with Crippen LogP contribution in [0, 0.1) is 17.8 Å². The maximum atomic E-state index is 11.3. The Hall–Kier alpha value is -0.360. The molecule has 10 atom stereocenters. The third kappa shape index (κ3) is 6.86. The molecule has 2 aliphatic rings. The molecule has 0 aliphatic carbocycles. The number of aliphatic hydroxyl groups is 4. The van der Waals surface area contributed by atoms with E-state index in [0.29, 0.717) is 18.5 Å². The van der Waals surface area contributed by atoms with Crippen LogP contribution < -0.4 is 0 Å². The fourth-order valence-electron chi connectivity index (χ4n) is 5.25. The lowest BCUT2D eigenvalue weighted by molar-refractivity contribution is -0.340. The number of nitrogens with zero attached hydrogens (tertiary/aromatic N) is 1. The van der Waals surface area contributed by atoms with Crippen LogP contribution in [-0.4, -0.2) is 107 Å². The first kappa shape index (κ1) is 28.9. The van der Waals surface area contributed by atoms with E-state index in [1.54, 1.807) is 0 Å². The molecule has 2 aliphatic heterocycles. The van der Waals surface area contributed by atoms with Crippen LogP contribution in [0.3, 0.4) is 0 Å². The molecule has 0 aromatic rings. The Morgan fingerprint density at radius 2 is 1.42 bits per heavy atom. The highest BCUT2D eigenvalue weighted by Crippen LogP contribution is 2.36. The third-order valence-electron chi connectivity index (χ3n) is 7.37. The molecule has 0 radical (unpaired) electrons. The van der Waals surface area contributed by atoms with Gasteiger partial charge in [0.15, 0.2) is 12.6 Å². The largest absolute Gasteiger partial charge is 0.394 e. The van der Waals surface area contributed by atoms with Gasteiger partial charge in [-0.25, -0.2) is 0 Å². The van der Waals surface area contributed by atoms with Crippen molar-refractivity contribution in [2.45, 2.75) is 110 Å². The number of aliphatic hydroxyl groups excluding tert-OH is 4. The van der Waals surface area contributed by atoms with E-state index in [0.717, 1.165) is 13.0 Å². The van der Waals surface area contributed by atoms with Crippen LogP contribution in [0.5, 0.6) is 0 Å². The number of rotatable bonds is 11. The van der Waals surface area contributed by atoms with Crippen molar-refractivity contribution in [3.63, 3.8) is 0 Å². The molecule has 0 amide bonds. The maximum absolute atomic E-state index is 11.3. The molecule has 0 saturated carbocycles. The molecule has 2 rings (SSSR count). The standard InChI is InChI=1S/C24H47NO8/c1-13(2)25(14(3)4)10-8-9-17-21(29)22(19(12-27)32-24(17)30-7)33-23-16(6)20(28)15(5)18(11-26)31-23/h13-24,26-29H,8-12H2,1-7H3/t15-,16?,17?,18?,19?,20+,21-,22-,23+,24-/m1/s1. The van der Waals surface area contributed by atoms with Gasteiger partial charge >= 0.3 is 0 Å². The summed E-state index contributed by atoms with van der Waals surface area (Å²) >= 11 is 0. The van der Waals surface area contributed by atoms with E-state index < -0.39 is 43.1 Å². The highest BCUT2D eigenvalue weighted by atomic mass is 16.7. The lowest BCUT2D eigenvalue weighted by atomic mass is 9.85. The van der Waals surface area contributed by atoms with Crippen LogP contribution in [0.15, 0.2) is 0 Å². The maximum Gasteiger partial charge on any atom is 0.163 e. The zero-order valence-electron chi connectivity index (χ0n) is 21.3. The molecule has 9 nitrogen and oxygen atoms in total. The zero-order chi connectivity index (χ0) is 24.9. The second-order valence-corrected chi connectivity index (χ2v) is 10.2. The van der Waals surface area contributed by atoms with E-state index in [-0.39, 0.29) is 31.0 Å².